The van der Waals surface area contributed by atoms with Gasteiger partial charge in [-0.25, -0.2) is 8.78 Å². The lowest BCUT2D eigenvalue weighted by Crippen LogP contribution is -2.44. The Balaban J connectivity index is 0.00000289. The molecule has 2 amide bonds. The highest BCUT2D eigenvalue weighted by Gasteiger charge is 2.42. The van der Waals surface area contributed by atoms with Crippen molar-refractivity contribution in [2.45, 2.75) is 31.7 Å². The second-order valence-corrected chi connectivity index (χ2v) is 4.06. The van der Waals surface area contributed by atoms with Crippen molar-refractivity contribution in [2.24, 2.45) is 0 Å². The number of nitrogens with one attached hydrogen (secondary N) is 3. The Hall–Kier alpha value is -0.950. The van der Waals surface area contributed by atoms with Gasteiger partial charge in [0.25, 0.3) is 5.92 Å². The van der Waals surface area contributed by atoms with Crippen molar-refractivity contribution in [1.82, 2.24) is 16.0 Å². The normalized spacial score (nSPS) is 20.9. The summed E-state index contributed by atoms with van der Waals surface area (Å²) in [4.78, 5) is 22.6. The zero-order valence-electron chi connectivity index (χ0n) is 10.1. The van der Waals surface area contributed by atoms with Crippen LogP contribution < -0.4 is 16.0 Å². The van der Waals surface area contributed by atoms with Gasteiger partial charge in [-0.1, -0.05) is 6.92 Å². The molecule has 1 saturated heterocycles. The van der Waals surface area contributed by atoms with Gasteiger partial charge in [-0.15, -0.1) is 12.4 Å². The third-order valence-electron chi connectivity index (χ3n) is 2.42. The van der Waals surface area contributed by atoms with Gasteiger partial charge in [0, 0.05) is 13.0 Å². The van der Waals surface area contributed by atoms with Gasteiger partial charge in [-0.2, -0.15) is 0 Å². The minimum atomic E-state index is -2.84. The summed E-state index contributed by atoms with van der Waals surface area (Å²) in [5, 5.41) is 7.32. The van der Waals surface area contributed by atoms with Crippen LogP contribution in [-0.2, 0) is 9.59 Å². The molecule has 1 atom stereocenters. The first-order valence-corrected chi connectivity index (χ1v) is 5.60. The van der Waals surface area contributed by atoms with E-state index in [4.69, 9.17) is 0 Å². The zero-order valence-corrected chi connectivity index (χ0v) is 10.9. The van der Waals surface area contributed by atoms with Gasteiger partial charge in [-0.05, 0) is 6.42 Å². The average Bonchev–Trinajstić information content (AvgIpc) is 2.63. The summed E-state index contributed by atoms with van der Waals surface area (Å²) in [5.41, 5.74) is 0. The summed E-state index contributed by atoms with van der Waals surface area (Å²) in [5.74, 6) is -3.72. The molecule has 5 nitrogen and oxygen atoms in total. The molecule has 1 aliphatic heterocycles. The van der Waals surface area contributed by atoms with E-state index in [-0.39, 0.29) is 24.9 Å². The predicted molar refractivity (Wildman–Crippen MR) is 64.9 cm³/mol. The van der Waals surface area contributed by atoms with Gasteiger partial charge >= 0.3 is 0 Å². The van der Waals surface area contributed by atoms with Crippen LogP contribution in [0.5, 0.6) is 0 Å². The molecule has 1 fully saturated rings. The average molecular weight is 286 g/mol. The molecule has 0 aromatic carbocycles. The van der Waals surface area contributed by atoms with E-state index in [1.165, 1.54) is 0 Å². The van der Waals surface area contributed by atoms with Crippen LogP contribution in [0.2, 0.25) is 0 Å². The highest BCUT2D eigenvalue weighted by Crippen LogP contribution is 2.24. The van der Waals surface area contributed by atoms with Crippen molar-refractivity contribution in [1.29, 1.82) is 0 Å². The molecule has 0 spiro atoms. The predicted octanol–water partition coefficient (Wildman–Crippen LogP) is 0.0478. The van der Waals surface area contributed by atoms with Crippen molar-refractivity contribution >= 4 is 24.2 Å². The van der Waals surface area contributed by atoms with Gasteiger partial charge < -0.3 is 10.6 Å². The largest absolute Gasteiger partial charge is 0.355 e. The number of alkyl halides is 2. The molecule has 1 heterocycles. The number of amides is 2. The number of hydrogen-bond donors (Lipinski definition) is 3. The monoisotopic (exact) mass is 285 g/mol. The fourth-order valence-corrected chi connectivity index (χ4v) is 1.52. The van der Waals surface area contributed by atoms with E-state index in [0.717, 1.165) is 6.42 Å². The molecule has 0 bridgehead atoms. The topological polar surface area (TPSA) is 70.2 Å². The van der Waals surface area contributed by atoms with E-state index in [1.807, 2.05) is 6.92 Å². The van der Waals surface area contributed by atoms with Crippen molar-refractivity contribution in [3.05, 3.63) is 0 Å². The number of halogens is 3. The van der Waals surface area contributed by atoms with Crippen molar-refractivity contribution < 1.29 is 18.4 Å². The number of hydrogen-bond acceptors (Lipinski definition) is 3. The maximum absolute atomic E-state index is 12.8. The molecule has 8 heteroatoms. The van der Waals surface area contributed by atoms with Crippen LogP contribution in [0.15, 0.2) is 0 Å². The van der Waals surface area contributed by atoms with E-state index in [2.05, 4.69) is 16.0 Å². The third-order valence-corrected chi connectivity index (χ3v) is 2.42. The molecular weight excluding hydrogens is 268 g/mol. The quantitative estimate of drug-likeness (QED) is 0.668. The molecule has 0 saturated carbocycles. The number of rotatable bonds is 5. The minimum absolute atomic E-state index is 0. The van der Waals surface area contributed by atoms with Gasteiger partial charge in [-0.3, -0.25) is 14.9 Å². The molecular formula is C10H18ClF2N3O2. The lowest BCUT2D eigenvalue weighted by molar-refractivity contribution is -0.127. The van der Waals surface area contributed by atoms with Crippen molar-refractivity contribution in [2.75, 3.05) is 19.6 Å². The maximum Gasteiger partial charge on any atom is 0.262 e. The zero-order chi connectivity index (χ0) is 12.9. The summed E-state index contributed by atoms with van der Waals surface area (Å²) in [6.07, 6.45) is 0.283. The summed E-state index contributed by atoms with van der Waals surface area (Å²) in [7, 11) is 0. The van der Waals surface area contributed by atoms with Crippen LogP contribution in [0.3, 0.4) is 0 Å². The Kier molecular flexibility index (Phi) is 7.08. The van der Waals surface area contributed by atoms with Gasteiger partial charge in [0.05, 0.1) is 19.1 Å². The van der Waals surface area contributed by atoms with Crippen molar-refractivity contribution in [3.8, 4) is 0 Å². The molecule has 0 aromatic rings. The second kappa shape index (κ2) is 7.48. The highest BCUT2D eigenvalue weighted by molar-refractivity contribution is 5.87. The Morgan fingerprint density at radius 1 is 1.39 bits per heavy atom. The summed E-state index contributed by atoms with van der Waals surface area (Å²) < 4.78 is 25.6. The van der Waals surface area contributed by atoms with E-state index < -0.39 is 30.8 Å². The van der Waals surface area contributed by atoms with Crippen LogP contribution in [0.25, 0.3) is 0 Å². The third kappa shape index (κ3) is 5.59. The Labute approximate surface area is 110 Å². The Bertz CT molecular complexity index is 303. The summed E-state index contributed by atoms with van der Waals surface area (Å²) in [6.45, 7) is 1.77. The lowest BCUT2D eigenvalue weighted by Gasteiger charge is -2.11. The summed E-state index contributed by atoms with van der Waals surface area (Å²) in [6, 6.07) is -0.913. The molecule has 1 rings (SSSR count). The first kappa shape index (κ1) is 17.1. The maximum atomic E-state index is 12.8. The Morgan fingerprint density at radius 2 is 2.06 bits per heavy atom. The molecule has 106 valence electrons. The van der Waals surface area contributed by atoms with E-state index >= 15 is 0 Å². The molecule has 1 unspecified atom stereocenters. The fraction of sp³-hybridized carbons (Fsp3) is 0.800. The fourth-order valence-electron chi connectivity index (χ4n) is 1.52. The standard InChI is InChI=1S/C10H17F2N3O2.ClH/c1-2-3-13-8(16)5-14-9(17)7-4-10(11,12)6-15-7;/h7,15H,2-6H2,1H3,(H,13,16)(H,14,17);1H. The van der Waals surface area contributed by atoms with Crippen LogP contribution in [0, 0.1) is 0 Å². The molecule has 1 aliphatic rings. The van der Waals surface area contributed by atoms with Crippen LogP contribution in [0.4, 0.5) is 8.78 Å². The SMILES string of the molecule is CCCNC(=O)CNC(=O)C1CC(F)(F)CN1.Cl. The molecule has 0 aromatic heterocycles. The minimum Gasteiger partial charge on any atom is -0.355 e. The smallest absolute Gasteiger partial charge is 0.262 e. The number of carbonyl (C=O) groups is 2. The summed E-state index contributed by atoms with van der Waals surface area (Å²) >= 11 is 0. The van der Waals surface area contributed by atoms with Gasteiger partial charge in [0.15, 0.2) is 0 Å². The Morgan fingerprint density at radius 3 is 2.56 bits per heavy atom. The van der Waals surface area contributed by atoms with Gasteiger partial charge in [0.1, 0.15) is 0 Å². The van der Waals surface area contributed by atoms with Crippen LogP contribution in [-0.4, -0.2) is 43.4 Å². The molecule has 0 aliphatic carbocycles. The molecule has 18 heavy (non-hydrogen) atoms. The first-order chi connectivity index (χ1) is 7.94. The lowest BCUT2D eigenvalue weighted by atomic mass is 10.2. The van der Waals surface area contributed by atoms with E-state index in [1.54, 1.807) is 0 Å². The second-order valence-electron chi connectivity index (χ2n) is 4.06. The van der Waals surface area contributed by atoms with Crippen LogP contribution in [0.1, 0.15) is 19.8 Å². The van der Waals surface area contributed by atoms with Crippen molar-refractivity contribution in [3.63, 3.8) is 0 Å². The van der Waals surface area contributed by atoms with E-state index in [0.29, 0.717) is 6.54 Å². The van der Waals surface area contributed by atoms with Gasteiger partial charge in [0.2, 0.25) is 11.8 Å². The highest BCUT2D eigenvalue weighted by atomic mass is 35.5. The van der Waals surface area contributed by atoms with Crippen LogP contribution >= 0.6 is 12.4 Å². The first-order valence-electron chi connectivity index (χ1n) is 5.60. The molecule has 0 radical (unpaired) electrons. The number of carbonyl (C=O) groups excluding carboxylic acids is 2. The molecule has 3 N–H and O–H groups in total. The van der Waals surface area contributed by atoms with E-state index in [9.17, 15) is 18.4 Å².